The van der Waals surface area contributed by atoms with Gasteiger partial charge in [0.15, 0.2) is 0 Å². The van der Waals surface area contributed by atoms with Crippen molar-refractivity contribution in [2.24, 2.45) is 15.3 Å². The van der Waals surface area contributed by atoms with Crippen LogP contribution in [0.15, 0.2) is 144 Å². The Balaban J connectivity index is 0.000000136. The summed E-state index contributed by atoms with van der Waals surface area (Å²) >= 11 is 0. The molecule has 39 heavy (non-hydrogen) atoms. The summed E-state index contributed by atoms with van der Waals surface area (Å²) in [6, 6.07) is 29.6. The molecule has 0 fully saturated rings. The number of hydrogen-bond donors (Lipinski definition) is 0. The first-order valence-electron chi connectivity index (χ1n) is 11.7. The van der Waals surface area contributed by atoms with Crippen LogP contribution in [-0.4, -0.2) is 63.3 Å². The second-order valence-electron chi connectivity index (χ2n) is 7.49. The second kappa shape index (κ2) is 15.3. The quantitative estimate of drug-likeness (QED) is 0.312. The molecule has 0 bridgehead atoms. The van der Waals surface area contributed by atoms with Gasteiger partial charge in [0.2, 0.25) is 0 Å². The van der Waals surface area contributed by atoms with Crippen LogP contribution >= 0.6 is 0 Å². The maximum absolute atomic E-state index is 4.10. The molecule has 0 saturated carbocycles. The van der Waals surface area contributed by atoms with E-state index in [2.05, 4.69) is 45.9 Å². The van der Waals surface area contributed by atoms with Crippen LogP contribution in [0.1, 0.15) is 16.7 Å². The molecule has 3 aromatic heterocycles. The summed E-state index contributed by atoms with van der Waals surface area (Å²) < 4.78 is 4.65. The molecule has 0 aliphatic heterocycles. The highest BCUT2D eigenvalue weighted by Crippen LogP contribution is 1.96. The monoisotopic (exact) mass is 516 g/mol. The van der Waals surface area contributed by atoms with Crippen molar-refractivity contribution in [3.05, 3.63) is 146 Å². The summed E-state index contributed by atoms with van der Waals surface area (Å²) in [6.45, 7) is 0. The zero-order valence-electron chi connectivity index (χ0n) is 20.7. The molecule has 0 amide bonds. The standard InChI is InChI=1S/3C9H8N4/c3*1-2-4-9(5-3-1)6-12-13-7-10-11-8-13/h3*1-8H/b3*12-6+. The topological polar surface area (TPSA) is 129 Å². The summed E-state index contributed by atoms with van der Waals surface area (Å²) in [7, 11) is 0. The molecule has 0 unspecified atom stereocenters. The van der Waals surface area contributed by atoms with Crippen molar-refractivity contribution in [3.8, 4) is 0 Å². The number of aromatic nitrogens is 9. The molecule has 0 spiro atoms. The molecule has 0 aliphatic rings. The Hall–Kier alpha value is -5.91. The summed E-state index contributed by atoms with van der Waals surface area (Å²) in [6.07, 6.45) is 14.5. The first-order chi connectivity index (χ1) is 19.3. The van der Waals surface area contributed by atoms with Gasteiger partial charge in [-0.15, -0.1) is 30.6 Å². The van der Waals surface area contributed by atoms with Crippen LogP contribution in [0.2, 0.25) is 0 Å². The molecular weight excluding hydrogens is 492 g/mol. The normalized spacial score (nSPS) is 10.8. The molecule has 3 heterocycles. The third kappa shape index (κ3) is 9.93. The van der Waals surface area contributed by atoms with Crippen molar-refractivity contribution in [1.82, 2.24) is 44.6 Å². The fraction of sp³-hybridized carbons (Fsp3) is 0. The highest BCUT2D eigenvalue weighted by atomic mass is 15.4. The Morgan fingerprint density at radius 3 is 0.821 bits per heavy atom. The molecular formula is C27H24N12. The summed E-state index contributed by atoms with van der Waals surface area (Å²) in [5.41, 5.74) is 3.16. The van der Waals surface area contributed by atoms with Crippen LogP contribution in [0, 0.1) is 0 Å². The third-order valence-corrected chi connectivity index (χ3v) is 4.64. The van der Waals surface area contributed by atoms with Crippen LogP contribution in [0.4, 0.5) is 0 Å². The van der Waals surface area contributed by atoms with Gasteiger partial charge in [0.05, 0.1) is 18.6 Å². The molecule has 0 N–H and O–H groups in total. The molecule has 192 valence electrons. The van der Waals surface area contributed by atoms with Gasteiger partial charge in [-0.1, -0.05) is 91.0 Å². The average Bonchev–Trinajstić information content (AvgIpc) is 3.81. The minimum atomic E-state index is 1.05. The van der Waals surface area contributed by atoms with Gasteiger partial charge in [0.25, 0.3) is 0 Å². The van der Waals surface area contributed by atoms with Crippen molar-refractivity contribution in [2.75, 3.05) is 0 Å². The lowest BCUT2D eigenvalue weighted by Gasteiger charge is -1.90. The van der Waals surface area contributed by atoms with Crippen molar-refractivity contribution < 1.29 is 0 Å². The van der Waals surface area contributed by atoms with Crippen LogP contribution in [-0.2, 0) is 0 Å². The molecule has 3 aromatic carbocycles. The first-order valence-corrected chi connectivity index (χ1v) is 11.7. The van der Waals surface area contributed by atoms with E-state index in [1.54, 1.807) is 70.6 Å². The second-order valence-corrected chi connectivity index (χ2v) is 7.49. The van der Waals surface area contributed by atoms with Gasteiger partial charge >= 0.3 is 0 Å². The molecule has 0 atom stereocenters. The predicted octanol–water partition coefficient (Wildman–Crippen LogP) is 3.48. The molecule has 0 radical (unpaired) electrons. The molecule has 0 saturated heterocycles. The number of hydrogen-bond acceptors (Lipinski definition) is 9. The van der Waals surface area contributed by atoms with Crippen molar-refractivity contribution in [3.63, 3.8) is 0 Å². The summed E-state index contributed by atoms with van der Waals surface area (Å²) in [4.78, 5) is 0. The van der Waals surface area contributed by atoms with E-state index in [1.165, 1.54) is 0 Å². The van der Waals surface area contributed by atoms with Crippen molar-refractivity contribution in [1.29, 1.82) is 0 Å². The fourth-order valence-electron chi connectivity index (χ4n) is 2.78. The Morgan fingerprint density at radius 1 is 0.359 bits per heavy atom. The van der Waals surface area contributed by atoms with Crippen molar-refractivity contribution >= 4 is 18.6 Å². The van der Waals surface area contributed by atoms with E-state index < -0.39 is 0 Å². The fourth-order valence-corrected chi connectivity index (χ4v) is 2.78. The third-order valence-electron chi connectivity index (χ3n) is 4.64. The molecule has 6 rings (SSSR count). The number of nitrogens with zero attached hydrogens (tertiary/aromatic N) is 12. The number of benzene rings is 3. The Labute approximate surface area is 224 Å². The van der Waals surface area contributed by atoms with Crippen LogP contribution in [0.25, 0.3) is 0 Å². The van der Waals surface area contributed by atoms with Gasteiger partial charge in [-0.05, 0) is 16.7 Å². The maximum atomic E-state index is 4.10. The van der Waals surface area contributed by atoms with Gasteiger partial charge in [0.1, 0.15) is 38.0 Å². The Morgan fingerprint density at radius 2 is 0.590 bits per heavy atom. The van der Waals surface area contributed by atoms with E-state index in [0.717, 1.165) is 16.7 Å². The minimum absolute atomic E-state index is 1.05. The maximum Gasteiger partial charge on any atom is 0.141 e. The van der Waals surface area contributed by atoms with Crippen LogP contribution in [0.3, 0.4) is 0 Å². The van der Waals surface area contributed by atoms with Gasteiger partial charge < -0.3 is 0 Å². The Kier molecular flexibility index (Phi) is 10.2. The zero-order valence-corrected chi connectivity index (χ0v) is 20.7. The predicted molar refractivity (Wildman–Crippen MR) is 148 cm³/mol. The van der Waals surface area contributed by atoms with E-state index in [0.29, 0.717) is 0 Å². The van der Waals surface area contributed by atoms with E-state index in [1.807, 2.05) is 91.0 Å². The minimum Gasteiger partial charge on any atom is -0.208 e. The van der Waals surface area contributed by atoms with Gasteiger partial charge in [0, 0.05) is 0 Å². The highest BCUT2D eigenvalue weighted by molar-refractivity contribution is 5.80. The SMILES string of the molecule is C(=N\n1cnnc1)/c1ccccc1.C(=N\n1cnnc1)/c1ccccc1.C(=N\n1cnnc1)/c1ccccc1. The lowest BCUT2D eigenvalue weighted by Crippen LogP contribution is -1.86. The average molecular weight is 517 g/mol. The van der Waals surface area contributed by atoms with E-state index in [4.69, 9.17) is 0 Å². The van der Waals surface area contributed by atoms with Crippen LogP contribution < -0.4 is 0 Å². The van der Waals surface area contributed by atoms with Gasteiger partial charge in [-0.25, -0.2) is 14.0 Å². The van der Waals surface area contributed by atoms with E-state index in [-0.39, 0.29) is 0 Å². The van der Waals surface area contributed by atoms with Crippen molar-refractivity contribution in [2.45, 2.75) is 0 Å². The molecule has 6 aromatic rings. The lowest BCUT2D eigenvalue weighted by molar-refractivity contribution is 0.878. The van der Waals surface area contributed by atoms with Gasteiger partial charge in [-0.2, -0.15) is 15.3 Å². The summed E-state index contributed by atoms with van der Waals surface area (Å²) in [5, 5.41) is 34.1. The largest absolute Gasteiger partial charge is 0.208 e. The van der Waals surface area contributed by atoms with Gasteiger partial charge in [-0.3, -0.25) is 0 Å². The Bertz CT molecular complexity index is 1320. The van der Waals surface area contributed by atoms with E-state index in [9.17, 15) is 0 Å². The molecule has 0 aliphatic carbocycles. The lowest BCUT2D eigenvalue weighted by atomic mass is 10.2. The smallest absolute Gasteiger partial charge is 0.141 e. The van der Waals surface area contributed by atoms with Crippen LogP contribution in [0.5, 0.6) is 0 Å². The number of rotatable bonds is 6. The molecule has 12 heteroatoms. The molecule has 12 nitrogen and oxygen atoms in total. The first kappa shape index (κ1) is 26.2. The van der Waals surface area contributed by atoms with E-state index >= 15 is 0 Å². The highest BCUT2D eigenvalue weighted by Gasteiger charge is 1.87. The summed E-state index contributed by atoms with van der Waals surface area (Å²) in [5.74, 6) is 0. The zero-order chi connectivity index (χ0) is 26.8.